The Morgan fingerprint density at radius 2 is 1.00 bits per heavy atom. The first-order chi connectivity index (χ1) is 22.4. The summed E-state index contributed by atoms with van der Waals surface area (Å²) < 4.78 is 0. The molecular weight excluding hydrogens is 600 g/mol. The molecule has 4 fully saturated rings. The van der Waals surface area contributed by atoms with Crippen LogP contribution in [-0.2, 0) is 19.2 Å². The first kappa shape index (κ1) is 34.6. The van der Waals surface area contributed by atoms with Crippen molar-refractivity contribution in [2.75, 3.05) is 0 Å². The van der Waals surface area contributed by atoms with Gasteiger partial charge in [-0.15, -0.1) is 0 Å². The van der Waals surface area contributed by atoms with Crippen LogP contribution < -0.4 is 0 Å². The molecular formula is C42H54O6. The minimum absolute atomic E-state index is 0.0243. The Hall–Kier alpha value is -3.28. The molecule has 0 bridgehead atoms. The summed E-state index contributed by atoms with van der Waals surface area (Å²) in [5.41, 5.74) is 1.43. The predicted octanol–water partition coefficient (Wildman–Crippen LogP) is 9.14. The zero-order valence-corrected chi connectivity index (χ0v) is 29.9. The lowest BCUT2D eigenvalue weighted by Crippen LogP contribution is -2.51. The van der Waals surface area contributed by atoms with E-state index in [0.717, 1.165) is 76.4 Å². The van der Waals surface area contributed by atoms with Gasteiger partial charge in [0.25, 0.3) is 0 Å². The van der Waals surface area contributed by atoms with Crippen molar-refractivity contribution >= 4 is 23.1 Å². The van der Waals surface area contributed by atoms with E-state index in [1.807, 2.05) is 0 Å². The van der Waals surface area contributed by atoms with Crippen LogP contribution in [-0.4, -0.2) is 33.3 Å². The van der Waals surface area contributed by atoms with Crippen LogP contribution >= 0.6 is 0 Å². The molecule has 6 rings (SSSR count). The number of carbonyl (C=O) groups excluding carboxylic acids is 4. The summed E-state index contributed by atoms with van der Waals surface area (Å²) in [6.07, 6.45) is 12.3. The summed E-state index contributed by atoms with van der Waals surface area (Å²) in [4.78, 5) is 53.7. The third-order valence-corrected chi connectivity index (χ3v) is 15.2. The van der Waals surface area contributed by atoms with Crippen molar-refractivity contribution in [3.63, 3.8) is 0 Å². The number of carbonyl (C=O) groups is 4. The van der Waals surface area contributed by atoms with Crippen LogP contribution in [0.25, 0.3) is 0 Å². The third kappa shape index (κ3) is 4.94. The van der Waals surface area contributed by atoms with E-state index in [0.29, 0.717) is 0 Å². The lowest BCUT2D eigenvalue weighted by molar-refractivity contribution is -0.132. The SMILES string of the molecule is C=C1CCC[C@H]2[C@](C)(CC3=C(O)C(C4=CC(=O)C(=O)C(C[C@]5(C)[C@@H](C)CC[C@@]6(C)C(=C)CCC[C@@H]56)=C4O)=CC(=O)C3=O)[C@@H](C)CC[C@@]12C. The lowest BCUT2D eigenvalue weighted by atomic mass is 9.46. The predicted molar refractivity (Wildman–Crippen MR) is 187 cm³/mol. The fourth-order valence-electron chi connectivity index (χ4n) is 11.4. The molecule has 0 unspecified atom stereocenters. The molecule has 6 heteroatoms. The van der Waals surface area contributed by atoms with E-state index in [2.05, 4.69) is 54.7 Å². The molecule has 258 valence electrons. The van der Waals surface area contributed by atoms with Crippen molar-refractivity contribution in [3.05, 3.63) is 70.3 Å². The Bertz CT molecular complexity index is 1540. The zero-order chi connectivity index (χ0) is 35.1. The topological polar surface area (TPSA) is 109 Å². The highest BCUT2D eigenvalue weighted by Crippen LogP contribution is 2.65. The van der Waals surface area contributed by atoms with Crippen molar-refractivity contribution in [2.24, 2.45) is 45.3 Å². The lowest BCUT2D eigenvalue weighted by Gasteiger charge is -2.59. The standard InChI is InChI=1S/C42H54O6/c1-23-11-9-13-33-39(23,5)17-15-25(3)41(33,7)21-29-35(45)27(19-31(43)37(29)47)28-20-32(44)38(48)30(36(28)46)22-42(8)26(4)16-18-40(6)24(2)12-10-14-34(40)42/h19-20,25-26,33-34,45-46H,1-2,9-18,21-22H2,3-8H3/t25-,26-,33+,34+,39-,40-,41+,42+/m0/s1. The summed E-state index contributed by atoms with van der Waals surface area (Å²) in [5, 5.41) is 23.7. The molecule has 0 aromatic carbocycles. The Balaban J connectivity index is 1.39. The molecule has 0 heterocycles. The average Bonchev–Trinajstić information content (AvgIpc) is 3.04. The van der Waals surface area contributed by atoms with Crippen molar-refractivity contribution in [2.45, 2.75) is 119 Å². The number of Topliss-reactive ketones (excluding diaryl/α,β-unsaturated/α-hetero) is 2. The number of hydrogen-bond donors (Lipinski definition) is 2. The molecule has 6 aliphatic carbocycles. The summed E-state index contributed by atoms with van der Waals surface area (Å²) in [6, 6.07) is 0. The number of hydrogen-bond acceptors (Lipinski definition) is 6. The van der Waals surface area contributed by atoms with E-state index in [1.54, 1.807) is 0 Å². The first-order valence-electron chi connectivity index (χ1n) is 18.2. The fourth-order valence-corrected chi connectivity index (χ4v) is 11.4. The van der Waals surface area contributed by atoms with E-state index in [4.69, 9.17) is 0 Å². The molecule has 0 aromatic rings. The van der Waals surface area contributed by atoms with Gasteiger partial charge in [-0.25, -0.2) is 0 Å². The van der Waals surface area contributed by atoms with Crippen LogP contribution in [0.15, 0.2) is 70.3 Å². The van der Waals surface area contributed by atoms with Gasteiger partial charge in [0.15, 0.2) is 0 Å². The van der Waals surface area contributed by atoms with Gasteiger partial charge in [-0.3, -0.25) is 19.2 Å². The first-order valence-corrected chi connectivity index (χ1v) is 18.2. The van der Waals surface area contributed by atoms with Crippen molar-refractivity contribution in [1.29, 1.82) is 0 Å². The molecule has 0 radical (unpaired) electrons. The summed E-state index contributed by atoms with van der Waals surface area (Å²) in [6.45, 7) is 22.1. The van der Waals surface area contributed by atoms with Crippen LogP contribution in [0.2, 0.25) is 0 Å². The van der Waals surface area contributed by atoms with Crippen LogP contribution in [0.4, 0.5) is 0 Å². The zero-order valence-electron chi connectivity index (χ0n) is 29.9. The maximum Gasteiger partial charge on any atom is 0.232 e. The molecule has 0 aliphatic heterocycles. The normalized spacial score (nSPS) is 40.9. The molecule has 0 saturated heterocycles. The Labute approximate surface area is 286 Å². The van der Waals surface area contributed by atoms with Crippen molar-refractivity contribution < 1.29 is 29.4 Å². The number of aliphatic hydroxyl groups is 2. The third-order valence-electron chi connectivity index (χ3n) is 15.2. The molecule has 2 N–H and O–H groups in total. The van der Waals surface area contributed by atoms with Crippen LogP contribution in [0.5, 0.6) is 0 Å². The van der Waals surface area contributed by atoms with Gasteiger partial charge in [-0.05, 0) is 122 Å². The molecule has 48 heavy (non-hydrogen) atoms. The van der Waals surface area contributed by atoms with Gasteiger partial charge in [-0.1, -0.05) is 65.8 Å². The van der Waals surface area contributed by atoms with Gasteiger partial charge in [0.05, 0.1) is 0 Å². The second kappa shape index (κ2) is 11.7. The fraction of sp³-hybridized carbons (Fsp3) is 0.619. The van der Waals surface area contributed by atoms with Gasteiger partial charge in [0.2, 0.25) is 23.1 Å². The van der Waals surface area contributed by atoms with E-state index in [9.17, 15) is 29.4 Å². The van der Waals surface area contributed by atoms with Crippen molar-refractivity contribution in [3.8, 4) is 0 Å². The van der Waals surface area contributed by atoms with Crippen molar-refractivity contribution in [1.82, 2.24) is 0 Å². The number of allylic oxidation sites excluding steroid dienone is 8. The monoisotopic (exact) mass is 654 g/mol. The summed E-state index contributed by atoms with van der Waals surface area (Å²) >= 11 is 0. The molecule has 6 nitrogen and oxygen atoms in total. The second-order valence-corrected chi connectivity index (χ2v) is 17.3. The molecule has 6 aliphatic rings. The van der Waals surface area contributed by atoms with E-state index >= 15 is 0 Å². The number of ketones is 4. The van der Waals surface area contributed by atoms with Gasteiger partial charge in [0, 0.05) is 34.4 Å². The molecule has 0 amide bonds. The van der Waals surface area contributed by atoms with E-state index in [-0.39, 0.29) is 81.2 Å². The average molecular weight is 655 g/mol. The Morgan fingerprint density at radius 3 is 1.35 bits per heavy atom. The summed E-state index contributed by atoms with van der Waals surface area (Å²) in [5.74, 6) is -2.98. The van der Waals surface area contributed by atoms with E-state index < -0.39 is 34.0 Å². The van der Waals surface area contributed by atoms with Crippen LogP contribution in [0.3, 0.4) is 0 Å². The van der Waals surface area contributed by atoms with E-state index in [1.165, 1.54) is 11.1 Å². The number of fused-ring (bicyclic) bond motifs is 2. The minimum atomic E-state index is -0.801. The smallest absolute Gasteiger partial charge is 0.232 e. The van der Waals surface area contributed by atoms with Gasteiger partial charge in [-0.2, -0.15) is 0 Å². The minimum Gasteiger partial charge on any atom is -0.507 e. The number of rotatable bonds is 5. The maximum atomic E-state index is 13.5. The summed E-state index contributed by atoms with van der Waals surface area (Å²) in [7, 11) is 0. The molecule has 0 spiro atoms. The second-order valence-electron chi connectivity index (χ2n) is 17.3. The van der Waals surface area contributed by atoms with Gasteiger partial charge < -0.3 is 10.2 Å². The molecule has 4 saturated carbocycles. The van der Waals surface area contributed by atoms with Crippen LogP contribution in [0, 0.1) is 45.3 Å². The Kier molecular flexibility index (Phi) is 8.40. The molecule has 8 atom stereocenters. The highest BCUT2D eigenvalue weighted by molar-refractivity contribution is 6.50. The largest absolute Gasteiger partial charge is 0.507 e. The maximum absolute atomic E-state index is 13.5. The highest BCUT2D eigenvalue weighted by Gasteiger charge is 2.57. The quantitative estimate of drug-likeness (QED) is 0.174. The highest BCUT2D eigenvalue weighted by atomic mass is 16.3. The molecule has 0 aromatic heterocycles. The van der Waals surface area contributed by atoms with Gasteiger partial charge in [0.1, 0.15) is 11.5 Å². The van der Waals surface area contributed by atoms with Crippen LogP contribution in [0.1, 0.15) is 119 Å². The Morgan fingerprint density at radius 1 is 0.646 bits per heavy atom. The van der Waals surface area contributed by atoms with Gasteiger partial charge >= 0.3 is 0 Å². The number of aliphatic hydroxyl groups excluding tert-OH is 2.